The van der Waals surface area contributed by atoms with Crippen LogP contribution in [0.25, 0.3) is 0 Å². The first-order valence-electron chi connectivity index (χ1n) is 7.39. The van der Waals surface area contributed by atoms with Crippen molar-refractivity contribution in [3.05, 3.63) is 64.6 Å². The molecule has 0 aliphatic heterocycles. The maximum atomic E-state index is 12.1. The number of rotatable bonds is 7. The standard InChI is InChI=1S/C17H19BrN2O3S/c1-24(22,23)20(12-11-14-5-3-2-4-6-14)13-17(21)19-16-9-7-15(18)8-10-16/h2-10H,11-13H2,1H3,(H,19,21). The monoisotopic (exact) mass is 410 g/mol. The Morgan fingerprint density at radius 2 is 1.71 bits per heavy atom. The molecule has 2 rings (SSSR count). The molecule has 0 saturated carbocycles. The number of carbonyl (C=O) groups is 1. The normalized spacial score (nSPS) is 11.5. The summed E-state index contributed by atoms with van der Waals surface area (Å²) in [5, 5.41) is 2.70. The van der Waals surface area contributed by atoms with E-state index in [1.807, 2.05) is 30.3 Å². The molecule has 0 spiro atoms. The van der Waals surface area contributed by atoms with Gasteiger partial charge in [-0.05, 0) is 36.2 Å². The molecule has 7 heteroatoms. The van der Waals surface area contributed by atoms with Crippen molar-refractivity contribution >= 4 is 37.5 Å². The lowest BCUT2D eigenvalue weighted by atomic mass is 10.1. The Balaban J connectivity index is 1.98. The van der Waals surface area contributed by atoms with E-state index < -0.39 is 10.0 Å². The molecule has 1 amide bonds. The summed E-state index contributed by atoms with van der Waals surface area (Å²) >= 11 is 3.32. The Hall–Kier alpha value is -1.70. The van der Waals surface area contributed by atoms with Crippen LogP contribution in [-0.2, 0) is 21.2 Å². The van der Waals surface area contributed by atoms with Crippen LogP contribution in [0.2, 0.25) is 0 Å². The van der Waals surface area contributed by atoms with E-state index in [-0.39, 0.29) is 19.0 Å². The minimum absolute atomic E-state index is 0.207. The van der Waals surface area contributed by atoms with Crippen LogP contribution in [0.5, 0.6) is 0 Å². The lowest BCUT2D eigenvalue weighted by Gasteiger charge is -2.19. The van der Waals surface area contributed by atoms with E-state index in [1.54, 1.807) is 24.3 Å². The Labute approximate surface area is 150 Å². The molecule has 0 radical (unpaired) electrons. The van der Waals surface area contributed by atoms with Crippen molar-refractivity contribution in [1.82, 2.24) is 4.31 Å². The van der Waals surface area contributed by atoms with Crippen LogP contribution in [0.1, 0.15) is 5.56 Å². The van der Waals surface area contributed by atoms with Gasteiger partial charge in [0.1, 0.15) is 0 Å². The number of benzene rings is 2. The van der Waals surface area contributed by atoms with Crippen LogP contribution in [0.4, 0.5) is 5.69 Å². The van der Waals surface area contributed by atoms with Crippen LogP contribution >= 0.6 is 15.9 Å². The van der Waals surface area contributed by atoms with Crippen molar-refractivity contribution in [3.8, 4) is 0 Å². The van der Waals surface area contributed by atoms with Gasteiger partial charge in [-0.25, -0.2) is 8.42 Å². The van der Waals surface area contributed by atoms with Crippen LogP contribution in [0, 0.1) is 0 Å². The molecule has 5 nitrogen and oxygen atoms in total. The third-order valence-corrected chi connectivity index (χ3v) is 5.19. The van der Waals surface area contributed by atoms with E-state index in [4.69, 9.17) is 0 Å². The average Bonchev–Trinajstić information content (AvgIpc) is 2.53. The molecule has 0 aliphatic rings. The summed E-state index contributed by atoms with van der Waals surface area (Å²) in [6, 6.07) is 16.7. The fraction of sp³-hybridized carbons (Fsp3) is 0.235. The predicted molar refractivity (Wildman–Crippen MR) is 99.3 cm³/mol. The summed E-state index contributed by atoms with van der Waals surface area (Å²) in [4.78, 5) is 12.1. The van der Waals surface area contributed by atoms with Gasteiger partial charge in [0, 0.05) is 16.7 Å². The van der Waals surface area contributed by atoms with Crippen LogP contribution in [0.15, 0.2) is 59.1 Å². The van der Waals surface area contributed by atoms with Gasteiger partial charge in [-0.1, -0.05) is 46.3 Å². The molecular weight excluding hydrogens is 392 g/mol. The van der Waals surface area contributed by atoms with E-state index in [2.05, 4.69) is 21.2 Å². The smallest absolute Gasteiger partial charge is 0.239 e. The largest absolute Gasteiger partial charge is 0.325 e. The molecule has 0 fully saturated rings. The summed E-state index contributed by atoms with van der Waals surface area (Å²) in [5.74, 6) is -0.365. The van der Waals surface area contributed by atoms with E-state index in [0.29, 0.717) is 12.1 Å². The zero-order valence-electron chi connectivity index (χ0n) is 13.3. The van der Waals surface area contributed by atoms with Gasteiger partial charge in [-0.15, -0.1) is 0 Å². The second-order valence-corrected chi connectivity index (χ2v) is 8.29. The van der Waals surface area contributed by atoms with E-state index in [1.165, 1.54) is 4.31 Å². The molecular formula is C17H19BrN2O3S. The summed E-state index contributed by atoms with van der Waals surface area (Å²) in [6.07, 6.45) is 1.67. The molecule has 2 aromatic rings. The molecule has 1 N–H and O–H groups in total. The summed E-state index contributed by atoms with van der Waals surface area (Å²) in [7, 11) is -3.46. The number of nitrogens with one attached hydrogen (secondary N) is 1. The molecule has 0 atom stereocenters. The average molecular weight is 411 g/mol. The predicted octanol–water partition coefficient (Wildman–Crippen LogP) is 2.89. The fourth-order valence-corrected chi connectivity index (χ4v) is 3.19. The topological polar surface area (TPSA) is 66.5 Å². The van der Waals surface area contributed by atoms with Crippen molar-refractivity contribution in [3.63, 3.8) is 0 Å². The second-order valence-electron chi connectivity index (χ2n) is 5.39. The van der Waals surface area contributed by atoms with Crippen molar-refractivity contribution in [2.24, 2.45) is 0 Å². The van der Waals surface area contributed by atoms with Crippen molar-refractivity contribution in [2.75, 3.05) is 24.7 Å². The van der Waals surface area contributed by atoms with Gasteiger partial charge >= 0.3 is 0 Å². The number of anilines is 1. The van der Waals surface area contributed by atoms with E-state index in [0.717, 1.165) is 16.3 Å². The quantitative estimate of drug-likeness (QED) is 0.762. The molecule has 0 saturated heterocycles. The minimum Gasteiger partial charge on any atom is -0.325 e. The second kappa shape index (κ2) is 8.41. The molecule has 24 heavy (non-hydrogen) atoms. The maximum absolute atomic E-state index is 12.1. The zero-order chi connectivity index (χ0) is 17.6. The van der Waals surface area contributed by atoms with Crippen LogP contribution in [0.3, 0.4) is 0 Å². The van der Waals surface area contributed by atoms with Crippen LogP contribution in [-0.4, -0.2) is 38.0 Å². The first kappa shape index (κ1) is 18.6. The lowest BCUT2D eigenvalue weighted by Crippen LogP contribution is -2.38. The molecule has 2 aromatic carbocycles. The third kappa shape index (κ3) is 6.07. The summed E-state index contributed by atoms with van der Waals surface area (Å²) in [5.41, 5.74) is 1.65. The molecule has 0 aliphatic carbocycles. The molecule has 128 valence electrons. The number of nitrogens with zero attached hydrogens (tertiary/aromatic N) is 1. The van der Waals surface area contributed by atoms with Gasteiger partial charge < -0.3 is 5.32 Å². The van der Waals surface area contributed by atoms with Gasteiger partial charge in [-0.3, -0.25) is 4.79 Å². The van der Waals surface area contributed by atoms with Gasteiger partial charge in [0.05, 0.1) is 12.8 Å². The van der Waals surface area contributed by atoms with Crippen LogP contribution < -0.4 is 5.32 Å². The van der Waals surface area contributed by atoms with Gasteiger partial charge in [0.2, 0.25) is 15.9 Å². The minimum atomic E-state index is -3.46. The van der Waals surface area contributed by atoms with Gasteiger partial charge in [-0.2, -0.15) is 4.31 Å². The number of carbonyl (C=O) groups excluding carboxylic acids is 1. The summed E-state index contributed by atoms with van der Waals surface area (Å²) < 4.78 is 25.9. The summed E-state index contributed by atoms with van der Waals surface area (Å²) in [6.45, 7) is 0.0539. The molecule has 0 bridgehead atoms. The number of hydrogen-bond acceptors (Lipinski definition) is 3. The van der Waals surface area contributed by atoms with E-state index >= 15 is 0 Å². The first-order chi connectivity index (χ1) is 11.3. The Morgan fingerprint density at radius 1 is 1.08 bits per heavy atom. The highest BCUT2D eigenvalue weighted by atomic mass is 79.9. The number of amides is 1. The third-order valence-electron chi connectivity index (χ3n) is 3.41. The van der Waals surface area contributed by atoms with Crippen molar-refractivity contribution in [1.29, 1.82) is 0 Å². The Morgan fingerprint density at radius 3 is 2.29 bits per heavy atom. The maximum Gasteiger partial charge on any atom is 0.239 e. The van der Waals surface area contributed by atoms with Gasteiger partial charge in [0.15, 0.2) is 0 Å². The Kier molecular flexibility index (Phi) is 6.53. The van der Waals surface area contributed by atoms with Crippen molar-refractivity contribution in [2.45, 2.75) is 6.42 Å². The first-order valence-corrected chi connectivity index (χ1v) is 10.0. The number of sulfonamides is 1. The fourth-order valence-electron chi connectivity index (χ4n) is 2.15. The van der Waals surface area contributed by atoms with Crippen molar-refractivity contribution < 1.29 is 13.2 Å². The number of hydrogen-bond donors (Lipinski definition) is 1. The highest BCUT2D eigenvalue weighted by Crippen LogP contribution is 2.14. The molecule has 0 unspecified atom stereocenters. The zero-order valence-corrected chi connectivity index (χ0v) is 15.7. The SMILES string of the molecule is CS(=O)(=O)N(CCc1ccccc1)CC(=O)Nc1ccc(Br)cc1. The van der Waals surface area contributed by atoms with Gasteiger partial charge in [0.25, 0.3) is 0 Å². The Bertz CT molecular complexity index is 777. The highest BCUT2D eigenvalue weighted by Gasteiger charge is 2.20. The number of halogens is 1. The van der Waals surface area contributed by atoms with E-state index in [9.17, 15) is 13.2 Å². The molecule has 0 aromatic heterocycles. The molecule has 0 heterocycles. The highest BCUT2D eigenvalue weighted by molar-refractivity contribution is 9.10. The lowest BCUT2D eigenvalue weighted by molar-refractivity contribution is -0.116.